The maximum Gasteiger partial charge on any atom is 0.264 e. The van der Waals surface area contributed by atoms with Crippen LogP contribution in [0.2, 0.25) is 0 Å². The van der Waals surface area contributed by atoms with Crippen LogP contribution >= 0.6 is 0 Å². The number of anilines is 3. The van der Waals surface area contributed by atoms with E-state index in [2.05, 4.69) is 20.2 Å². The normalized spacial score (nSPS) is 11.5. The quantitative estimate of drug-likeness (QED) is 0.402. The predicted molar refractivity (Wildman–Crippen MR) is 124 cm³/mol. The summed E-state index contributed by atoms with van der Waals surface area (Å²) in [6.07, 6.45) is 0. The molecule has 2 aromatic heterocycles. The van der Waals surface area contributed by atoms with E-state index >= 15 is 0 Å². The van der Waals surface area contributed by atoms with E-state index in [-0.39, 0.29) is 10.8 Å². The molecule has 0 aliphatic heterocycles. The Kier molecular flexibility index (Phi) is 5.75. The number of pyridine rings is 1. The zero-order chi connectivity index (χ0) is 22.9. The summed E-state index contributed by atoms with van der Waals surface area (Å²) >= 11 is 0. The van der Waals surface area contributed by atoms with Crippen LogP contribution in [0.15, 0.2) is 57.9 Å². The van der Waals surface area contributed by atoms with Gasteiger partial charge >= 0.3 is 0 Å². The molecule has 2 heterocycles. The SMILES string of the molecule is CCOc1ccc2nc(C)cc(Nc3ccc(S(=O)(=O)Nc4onc(C)c4C)cc3)c2c1. The molecular weight excluding hydrogens is 428 g/mol. The molecule has 2 N–H and O–H groups in total. The molecule has 0 bridgehead atoms. The first-order valence-corrected chi connectivity index (χ1v) is 11.6. The number of aryl methyl sites for hydroxylation is 2. The van der Waals surface area contributed by atoms with E-state index in [4.69, 9.17) is 9.26 Å². The van der Waals surface area contributed by atoms with Gasteiger partial charge in [0.15, 0.2) is 0 Å². The maximum absolute atomic E-state index is 12.7. The van der Waals surface area contributed by atoms with E-state index in [1.54, 1.807) is 26.0 Å². The van der Waals surface area contributed by atoms with Crippen molar-refractivity contribution >= 4 is 38.2 Å². The number of benzene rings is 2. The highest BCUT2D eigenvalue weighted by Gasteiger charge is 2.19. The number of rotatable bonds is 7. The molecule has 0 saturated carbocycles. The van der Waals surface area contributed by atoms with Crippen LogP contribution in [0.3, 0.4) is 0 Å². The number of fused-ring (bicyclic) bond motifs is 1. The Morgan fingerprint density at radius 2 is 1.78 bits per heavy atom. The Labute approximate surface area is 186 Å². The molecule has 9 heteroatoms. The number of ether oxygens (including phenoxy) is 1. The lowest BCUT2D eigenvalue weighted by Crippen LogP contribution is -2.13. The van der Waals surface area contributed by atoms with Crippen molar-refractivity contribution in [2.75, 3.05) is 16.6 Å². The summed E-state index contributed by atoms with van der Waals surface area (Å²) in [5.74, 6) is 0.882. The van der Waals surface area contributed by atoms with Gasteiger partial charge in [0.05, 0.1) is 22.7 Å². The van der Waals surface area contributed by atoms with Crippen molar-refractivity contribution < 1.29 is 17.7 Å². The van der Waals surface area contributed by atoms with Crippen molar-refractivity contribution in [2.45, 2.75) is 32.6 Å². The Morgan fingerprint density at radius 3 is 2.44 bits per heavy atom. The van der Waals surface area contributed by atoms with Crippen LogP contribution < -0.4 is 14.8 Å². The molecule has 0 atom stereocenters. The number of sulfonamides is 1. The number of aromatic nitrogens is 2. The molecule has 8 nitrogen and oxygen atoms in total. The highest BCUT2D eigenvalue weighted by atomic mass is 32.2. The summed E-state index contributed by atoms with van der Waals surface area (Å²) in [4.78, 5) is 4.69. The molecule has 0 fully saturated rings. The molecule has 0 unspecified atom stereocenters. The monoisotopic (exact) mass is 452 g/mol. The summed E-state index contributed by atoms with van der Waals surface area (Å²) in [6.45, 7) is 7.93. The fraction of sp³-hybridized carbons (Fsp3) is 0.217. The van der Waals surface area contributed by atoms with Gasteiger partial charge < -0.3 is 14.6 Å². The van der Waals surface area contributed by atoms with E-state index in [0.29, 0.717) is 17.9 Å². The predicted octanol–water partition coefficient (Wildman–Crippen LogP) is 5.09. The van der Waals surface area contributed by atoms with Gasteiger partial charge in [-0.25, -0.2) is 13.1 Å². The molecule has 0 aliphatic rings. The third-order valence-electron chi connectivity index (χ3n) is 5.05. The van der Waals surface area contributed by atoms with Crippen LogP contribution in [0.1, 0.15) is 23.9 Å². The fourth-order valence-electron chi connectivity index (χ4n) is 3.26. The van der Waals surface area contributed by atoms with Gasteiger partial charge in [0.25, 0.3) is 10.0 Å². The lowest BCUT2D eigenvalue weighted by atomic mass is 10.1. The van der Waals surface area contributed by atoms with E-state index in [1.165, 1.54) is 12.1 Å². The van der Waals surface area contributed by atoms with Gasteiger partial charge in [0.1, 0.15) is 5.75 Å². The van der Waals surface area contributed by atoms with Gasteiger partial charge in [-0.05, 0) is 76.2 Å². The Bertz CT molecular complexity index is 1380. The Hall–Kier alpha value is -3.59. The van der Waals surface area contributed by atoms with Gasteiger partial charge in [0, 0.05) is 28.0 Å². The van der Waals surface area contributed by atoms with Crippen molar-refractivity contribution in [1.29, 1.82) is 0 Å². The van der Waals surface area contributed by atoms with Gasteiger partial charge in [-0.2, -0.15) is 0 Å². The molecule has 2 aromatic carbocycles. The minimum absolute atomic E-state index is 0.117. The second kappa shape index (κ2) is 8.51. The summed E-state index contributed by atoms with van der Waals surface area (Å²) in [5.41, 5.74) is 4.59. The molecule has 4 rings (SSSR count). The molecule has 4 aromatic rings. The molecular formula is C23H24N4O4S. The molecule has 0 radical (unpaired) electrons. The van der Waals surface area contributed by atoms with Crippen molar-refractivity contribution in [2.24, 2.45) is 0 Å². The van der Waals surface area contributed by atoms with Gasteiger partial charge in [0.2, 0.25) is 5.88 Å². The molecule has 0 saturated heterocycles. The third-order valence-corrected chi connectivity index (χ3v) is 6.39. The lowest BCUT2D eigenvalue weighted by molar-refractivity contribution is 0.340. The number of hydrogen-bond acceptors (Lipinski definition) is 7. The van der Waals surface area contributed by atoms with E-state index in [9.17, 15) is 8.42 Å². The Morgan fingerprint density at radius 1 is 1.03 bits per heavy atom. The summed E-state index contributed by atoms with van der Waals surface area (Å²) in [5, 5.41) is 8.05. The van der Waals surface area contributed by atoms with Crippen molar-refractivity contribution in [3.05, 3.63) is 65.5 Å². The topological polar surface area (TPSA) is 106 Å². The standard InChI is InChI=1S/C23H24N4O4S/c1-5-30-18-8-11-21-20(13-18)22(12-14(2)24-21)25-17-6-9-19(10-7-17)32(28,29)27-23-15(3)16(4)26-31-23/h6-13,27H,5H2,1-4H3,(H,24,25). The van der Waals surface area contributed by atoms with Crippen LogP contribution in [-0.4, -0.2) is 25.2 Å². The van der Waals surface area contributed by atoms with E-state index in [1.807, 2.05) is 38.1 Å². The smallest absolute Gasteiger partial charge is 0.264 e. The first kappa shape index (κ1) is 21.6. The number of hydrogen-bond donors (Lipinski definition) is 2. The van der Waals surface area contributed by atoms with Gasteiger partial charge in [-0.15, -0.1) is 0 Å². The van der Waals surface area contributed by atoms with Crippen molar-refractivity contribution in [3.8, 4) is 5.75 Å². The van der Waals surface area contributed by atoms with Crippen LogP contribution in [0.25, 0.3) is 10.9 Å². The summed E-state index contributed by atoms with van der Waals surface area (Å²) in [6, 6.07) is 14.2. The molecule has 32 heavy (non-hydrogen) atoms. The third kappa shape index (κ3) is 4.38. The zero-order valence-corrected chi connectivity index (χ0v) is 19.1. The average molecular weight is 453 g/mol. The summed E-state index contributed by atoms with van der Waals surface area (Å²) < 4.78 is 38.5. The van der Waals surface area contributed by atoms with Crippen molar-refractivity contribution in [3.63, 3.8) is 0 Å². The van der Waals surface area contributed by atoms with Gasteiger partial charge in [-0.1, -0.05) is 5.16 Å². The largest absolute Gasteiger partial charge is 0.494 e. The lowest BCUT2D eigenvalue weighted by Gasteiger charge is -2.13. The molecule has 0 spiro atoms. The van der Waals surface area contributed by atoms with Crippen LogP contribution in [-0.2, 0) is 10.0 Å². The fourth-order valence-corrected chi connectivity index (χ4v) is 4.31. The second-order valence-electron chi connectivity index (χ2n) is 7.40. The molecule has 0 amide bonds. The average Bonchev–Trinajstić information content (AvgIpc) is 3.06. The van der Waals surface area contributed by atoms with Crippen LogP contribution in [0.4, 0.5) is 17.3 Å². The maximum atomic E-state index is 12.7. The zero-order valence-electron chi connectivity index (χ0n) is 18.3. The van der Waals surface area contributed by atoms with Crippen LogP contribution in [0, 0.1) is 20.8 Å². The summed E-state index contributed by atoms with van der Waals surface area (Å²) in [7, 11) is -3.80. The number of nitrogens with one attached hydrogen (secondary N) is 2. The van der Waals surface area contributed by atoms with Crippen LogP contribution in [0.5, 0.6) is 5.75 Å². The van der Waals surface area contributed by atoms with E-state index in [0.717, 1.165) is 33.7 Å². The first-order chi connectivity index (χ1) is 15.3. The molecule has 166 valence electrons. The highest BCUT2D eigenvalue weighted by Crippen LogP contribution is 2.30. The Balaban J connectivity index is 1.60. The van der Waals surface area contributed by atoms with E-state index < -0.39 is 10.0 Å². The molecule has 0 aliphatic carbocycles. The van der Waals surface area contributed by atoms with Crippen molar-refractivity contribution in [1.82, 2.24) is 10.1 Å². The second-order valence-corrected chi connectivity index (χ2v) is 9.08. The minimum Gasteiger partial charge on any atom is -0.494 e. The minimum atomic E-state index is -3.80. The number of nitrogens with zero attached hydrogens (tertiary/aromatic N) is 2. The highest BCUT2D eigenvalue weighted by molar-refractivity contribution is 7.92. The van der Waals surface area contributed by atoms with Gasteiger partial charge in [-0.3, -0.25) is 4.98 Å². The first-order valence-electron chi connectivity index (χ1n) is 10.1.